The summed E-state index contributed by atoms with van der Waals surface area (Å²) in [5.74, 6) is -1.35. The molecule has 0 aromatic heterocycles. The van der Waals surface area contributed by atoms with Crippen molar-refractivity contribution < 1.29 is 29.0 Å². The number of carbonyl (C=O) groups is 3. The smallest absolute Gasteiger partial charge is 0.407 e. The zero-order valence-electron chi connectivity index (χ0n) is 18.8. The Labute approximate surface area is 202 Å². The fraction of sp³-hybridized carbons (Fsp3) is 0.222. The Morgan fingerprint density at radius 2 is 1.60 bits per heavy atom. The first-order chi connectivity index (χ1) is 17.0. The number of hydrogen-bond donors (Lipinski definition) is 2. The summed E-state index contributed by atoms with van der Waals surface area (Å²) in [6, 6.07) is 21.6. The number of carboxylic acids is 1. The number of hydrogen-bond acceptors (Lipinski definition) is 5. The Morgan fingerprint density at radius 3 is 2.29 bits per heavy atom. The molecule has 1 unspecified atom stereocenters. The number of rotatable bonds is 6. The third kappa shape index (κ3) is 4.42. The number of para-hydroxylation sites is 2. The average Bonchev–Trinajstić information content (AvgIpc) is 3.20. The second-order valence-electron chi connectivity index (χ2n) is 8.43. The van der Waals surface area contributed by atoms with Crippen LogP contribution in [0.1, 0.15) is 23.5 Å². The molecule has 35 heavy (non-hydrogen) atoms. The number of benzene rings is 3. The van der Waals surface area contributed by atoms with Gasteiger partial charge in [0, 0.05) is 5.92 Å². The summed E-state index contributed by atoms with van der Waals surface area (Å²) < 4.78 is 11.1. The fourth-order valence-corrected chi connectivity index (χ4v) is 4.74. The van der Waals surface area contributed by atoms with Gasteiger partial charge in [0.15, 0.2) is 0 Å². The van der Waals surface area contributed by atoms with E-state index in [2.05, 4.69) is 5.32 Å². The van der Waals surface area contributed by atoms with Gasteiger partial charge in [-0.2, -0.15) is 0 Å². The van der Waals surface area contributed by atoms with E-state index >= 15 is 0 Å². The number of carboxylic acid groups (broad SMARTS) is 1. The monoisotopic (exact) mass is 472 g/mol. The normalized spacial score (nSPS) is 14.7. The van der Waals surface area contributed by atoms with Crippen LogP contribution in [-0.4, -0.2) is 48.9 Å². The van der Waals surface area contributed by atoms with E-state index in [4.69, 9.17) is 9.47 Å². The first kappa shape index (κ1) is 22.5. The number of anilines is 1. The van der Waals surface area contributed by atoms with Gasteiger partial charge in [0.1, 0.15) is 25.0 Å². The van der Waals surface area contributed by atoms with Crippen molar-refractivity contribution >= 4 is 23.7 Å². The van der Waals surface area contributed by atoms with Crippen LogP contribution in [0.15, 0.2) is 72.8 Å². The highest BCUT2D eigenvalue weighted by molar-refractivity contribution is 6.01. The number of fused-ring (bicyclic) bond motifs is 4. The summed E-state index contributed by atoms with van der Waals surface area (Å²) >= 11 is 0. The lowest BCUT2D eigenvalue weighted by atomic mass is 9.98. The van der Waals surface area contributed by atoms with Crippen molar-refractivity contribution in [2.45, 2.75) is 18.4 Å². The summed E-state index contributed by atoms with van der Waals surface area (Å²) in [6.45, 7) is 0.583. The van der Waals surface area contributed by atoms with Gasteiger partial charge in [-0.05, 0) is 34.4 Å². The summed E-state index contributed by atoms with van der Waals surface area (Å²) in [5, 5.41) is 11.8. The van der Waals surface area contributed by atoms with Crippen LogP contribution in [0.5, 0.6) is 5.75 Å². The van der Waals surface area contributed by atoms with Crippen molar-refractivity contribution in [3.63, 3.8) is 0 Å². The predicted octanol–water partition coefficient (Wildman–Crippen LogP) is 3.79. The van der Waals surface area contributed by atoms with Gasteiger partial charge in [0.25, 0.3) is 5.91 Å². The van der Waals surface area contributed by atoms with Gasteiger partial charge in [-0.1, -0.05) is 60.7 Å². The topological polar surface area (TPSA) is 105 Å². The molecule has 178 valence electrons. The maximum atomic E-state index is 13.3. The number of aliphatic carboxylic acids is 1. The molecule has 1 aliphatic heterocycles. The second kappa shape index (κ2) is 9.50. The SMILES string of the molecule is O=C(O)CC(NC(=O)OCC1c2ccccc2-c2ccccc21)C(=O)N1CCOc2ccccc21. The van der Waals surface area contributed by atoms with Gasteiger partial charge >= 0.3 is 12.1 Å². The first-order valence-electron chi connectivity index (χ1n) is 11.4. The van der Waals surface area contributed by atoms with Crippen molar-refractivity contribution in [3.05, 3.63) is 83.9 Å². The number of alkyl carbamates (subject to hydrolysis) is 1. The molecule has 0 spiro atoms. The number of amides is 2. The van der Waals surface area contributed by atoms with Crippen LogP contribution in [0.25, 0.3) is 11.1 Å². The lowest BCUT2D eigenvalue weighted by Gasteiger charge is -2.32. The number of ether oxygens (including phenoxy) is 2. The molecule has 1 heterocycles. The second-order valence-corrected chi connectivity index (χ2v) is 8.43. The minimum atomic E-state index is -1.28. The maximum Gasteiger partial charge on any atom is 0.407 e. The molecule has 0 saturated carbocycles. The molecule has 1 aliphatic carbocycles. The number of nitrogens with one attached hydrogen (secondary N) is 1. The van der Waals surface area contributed by atoms with Gasteiger partial charge in [0.2, 0.25) is 0 Å². The van der Waals surface area contributed by atoms with Crippen LogP contribution in [0.2, 0.25) is 0 Å². The third-order valence-electron chi connectivity index (χ3n) is 6.31. The zero-order chi connectivity index (χ0) is 24.4. The van der Waals surface area contributed by atoms with Crippen LogP contribution in [0, 0.1) is 0 Å². The molecule has 3 aromatic carbocycles. The van der Waals surface area contributed by atoms with Crippen LogP contribution in [-0.2, 0) is 14.3 Å². The van der Waals surface area contributed by atoms with Crippen molar-refractivity contribution in [3.8, 4) is 16.9 Å². The summed E-state index contributed by atoms with van der Waals surface area (Å²) in [7, 11) is 0. The lowest BCUT2D eigenvalue weighted by Crippen LogP contribution is -2.51. The van der Waals surface area contributed by atoms with E-state index in [1.807, 2.05) is 48.5 Å². The minimum Gasteiger partial charge on any atom is -0.490 e. The first-order valence-corrected chi connectivity index (χ1v) is 11.4. The standard InChI is InChI=1S/C27H24N2O6/c30-25(31)15-22(26(32)29-13-14-34-24-12-6-5-11-23(24)29)28-27(33)35-16-21-19-9-3-1-7-17(19)18-8-2-4-10-20(18)21/h1-12,21-22H,13-16H2,(H,28,33)(H,30,31). The van der Waals surface area contributed by atoms with E-state index < -0.39 is 30.4 Å². The summed E-state index contributed by atoms with van der Waals surface area (Å²) in [4.78, 5) is 38.9. The predicted molar refractivity (Wildman–Crippen MR) is 129 cm³/mol. The van der Waals surface area contributed by atoms with Crippen molar-refractivity contribution in [1.82, 2.24) is 5.32 Å². The highest BCUT2D eigenvalue weighted by Crippen LogP contribution is 2.44. The van der Waals surface area contributed by atoms with E-state index in [1.165, 1.54) is 4.90 Å². The van der Waals surface area contributed by atoms with E-state index in [0.29, 0.717) is 11.4 Å². The van der Waals surface area contributed by atoms with E-state index in [9.17, 15) is 19.5 Å². The van der Waals surface area contributed by atoms with Crippen LogP contribution >= 0.6 is 0 Å². The molecule has 0 fully saturated rings. The molecular weight excluding hydrogens is 448 g/mol. The molecule has 1 atom stereocenters. The largest absolute Gasteiger partial charge is 0.490 e. The number of nitrogens with zero attached hydrogens (tertiary/aromatic N) is 1. The van der Waals surface area contributed by atoms with Gasteiger partial charge < -0.3 is 24.8 Å². The van der Waals surface area contributed by atoms with Gasteiger partial charge in [0.05, 0.1) is 18.7 Å². The number of carbonyl (C=O) groups excluding carboxylic acids is 2. The molecular formula is C27H24N2O6. The van der Waals surface area contributed by atoms with E-state index in [0.717, 1.165) is 22.3 Å². The van der Waals surface area contributed by atoms with Gasteiger partial charge in [-0.15, -0.1) is 0 Å². The Morgan fingerprint density at radius 1 is 0.971 bits per heavy atom. The fourth-order valence-electron chi connectivity index (χ4n) is 4.74. The van der Waals surface area contributed by atoms with Crippen molar-refractivity contribution in [2.75, 3.05) is 24.7 Å². The zero-order valence-corrected chi connectivity index (χ0v) is 18.8. The van der Waals surface area contributed by atoms with Crippen molar-refractivity contribution in [2.24, 2.45) is 0 Å². The third-order valence-corrected chi connectivity index (χ3v) is 6.31. The lowest BCUT2D eigenvalue weighted by molar-refractivity contribution is -0.139. The highest BCUT2D eigenvalue weighted by atomic mass is 16.5. The molecule has 2 aliphatic rings. The van der Waals surface area contributed by atoms with Gasteiger partial charge in [-0.3, -0.25) is 9.59 Å². The molecule has 3 aromatic rings. The molecule has 0 bridgehead atoms. The summed E-state index contributed by atoms with van der Waals surface area (Å²) in [6.07, 6.45) is -1.41. The van der Waals surface area contributed by atoms with Crippen LogP contribution < -0.4 is 15.0 Å². The van der Waals surface area contributed by atoms with E-state index in [-0.39, 0.29) is 25.7 Å². The quantitative estimate of drug-likeness (QED) is 0.566. The summed E-state index contributed by atoms with van der Waals surface area (Å²) in [5.41, 5.74) is 4.85. The van der Waals surface area contributed by atoms with Crippen molar-refractivity contribution in [1.29, 1.82) is 0 Å². The molecule has 8 heteroatoms. The molecule has 8 nitrogen and oxygen atoms in total. The molecule has 0 radical (unpaired) electrons. The Bertz CT molecular complexity index is 1240. The molecule has 2 amide bonds. The molecule has 5 rings (SSSR count). The highest BCUT2D eigenvalue weighted by Gasteiger charge is 2.33. The van der Waals surface area contributed by atoms with Crippen LogP contribution in [0.4, 0.5) is 10.5 Å². The average molecular weight is 472 g/mol. The van der Waals surface area contributed by atoms with Crippen LogP contribution in [0.3, 0.4) is 0 Å². The minimum absolute atomic E-state index is 0.0637. The molecule has 2 N–H and O–H groups in total. The Kier molecular flexibility index (Phi) is 6.10. The Hall–Kier alpha value is -4.33. The van der Waals surface area contributed by atoms with Gasteiger partial charge in [-0.25, -0.2) is 4.79 Å². The molecule has 0 saturated heterocycles. The van der Waals surface area contributed by atoms with E-state index in [1.54, 1.807) is 24.3 Å². The Balaban J connectivity index is 1.30. The maximum absolute atomic E-state index is 13.3.